The molecule has 0 radical (unpaired) electrons. The van der Waals surface area contributed by atoms with Gasteiger partial charge in [-0.2, -0.15) is 5.26 Å². The van der Waals surface area contributed by atoms with Gasteiger partial charge in [-0.15, -0.1) is 0 Å². The molecule has 1 aromatic rings. The lowest BCUT2D eigenvalue weighted by atomic mass is 10.5. The summed E-state index contributed by atoms with van der Waals surface area (Å²) in [5.74, 6) is -0.469. The van der Waals surface area contributed by atoms with Crippen molar-refractivity contribution in [3.8, 4) is 6.07 Å². The van der Waals surface area contributed by atoms with Crippen molar-refractivity contribution in [1.29, 1.82) is 5.26 Å². The Morgan fingerprint density at radius 2 is 2.20 bits per heavy atom. The van der Waals surface area contributed by atoms with E-state index in [2.05, 4.69) is 30.7 Å². The van der Waals surface area contributed by atoms with E-state index in [1.54, 1.807) is 13.1 Å². The highest BCUT2D eigenvalue weighted by Crippen LogP contribution is 2.19. The smallest absolute Gasteiger partial charge is 0.374 e. The summed E-state index contributed by atoms with van der Waals surface area (Å²) in [5.41, 5.74) is -0.0235. The number of nitriles is 1. The van der Waals surface area contributed by atoms with Crippen LogP contribution in [0.4, 0.5) is 0 Å². The number of esters is 1. The molecule has 0 aliphatic carbocycles. The monoisotopic (exact) mass is 295 g/mol. The minimum Gasteiger partial charge on any atom is -0.460 e. The predicted octanol–water partition coefficient (Wildman–Crippen LogP) is 2.36. The summed E-state index contributed by atoms with van der Waals surface area (Å²) in [6.45, 7) is 10.4. The number of ether oxygens (including phenoxy) is 2. The zero-order valence-corrected chi connectivity index (χ0v) is 13.6. The van der Waals surface area contributed by atoms with Crippen molar-refractivity contribution in [3.05, 3.63) is 18.2 Å². The summed E-state index contributed by atoms with van der Waals surface area (Å²) < 4.78 is 12.1. The number of hydrogen-bond donors (Lipinski definition) is 0. The molecule has 0 spiro atoms. The lowest BCUT2D eigenvalue weighted by Crippen LogP contribution is -2.39. The molecule has 0 aliphatic heterocycles. The van der Waals surface area contributed by atoms with Crippen LogP contribution in [0.15, 0.2) is 12.4 Å². The average Bonchev–Trinajstić information content (AvgIpc) is 2.83. The van der Waals surface area contributed by atoms with Crippen LogP contribution in [0.2, 0.25) is 19.6 Å². The van der Waals surface area contributed by atoms with E-state index >= 15 is 0 Å². The van der Waals surface area contributed by atoms with Crippen molar-refractivity contribution in [1.82, 2.24) is 9.55 Å². The van der Waals surface area contributed by atoms with E-state index in [1.807, 2.05) is 6.92 Å². The first-order valence-corrected chi connectivity index (χ1v) is 10.1. The van der Waals surface area contributed by atoms with E-state index in [-0.39, 0.29) is 18.2 Å². The van der Waals surface area contributed by atoms with Crippen molar-refractivity contribution in [2.45, 2.75) is 45.4 Å². The lowest BCUT2D eigenvalue weighted by Gasteiger charge is -2.28. The molecule has 2 unspecified atom stereocenters. The molecule has 1 aromatic heterocycles. The third-order valence-corrected chi connectivity index (χ3v) is 5.62. The molecule has 0 amide bonds. The molecule has 0 N–H and O–H groups in total. The molecule has 0 saturated carbocycles. The SMILES string of the molecule is CCOC(=O)c1nccn1C(C#N)OC(C)[Si](C)(C)C. The first-order chi connectivity index (χ1) is 9.31. The topological polar surface area (TPSA) is 77.1 Å². The van der Waals surface area contributed by atoms with Crippen LogP contribution in [-0.4, -0.2) is 35.9 Å². The molecule has 1 heterocycles. The minimum absolute atomic E-state index is 0.0235. The molecule has 20 heavy (non-hydrogen) atoms. The molecule has 110 valence electrons. The van der Waals surface area contributed by atoms with Crippen LogP contribution < -0.4 is 0 Å². The van der Waals surface area contributed by atoms with E-state index in [9.17, 15) is 10.1 Å². The highest BCUT2D eigenvalue weighted by atomic mass is 28.3. The first kappa shape index (κ1) is 16.4. The Labute approximate surface area is 120 Å². The number of hydrogen-bond acceptors (Lipinski definition) is 5. The van der Waals surface area contributed by atoms with Gasteiger partial charge in [-0.1, -0.05) is 19.6 Å². The maximum absolute atomic E-state index is 11.8. The van der Waals surface area contributed by atoms with Crippen molar-refractivity contribution in [2.24, 2.45) is 0 Å². The number of carbonyl (C=O) groups excluding carboxylic acids is 1. The number of carbonyl (C=O) groups is 1. The highest BCUT2D eigenvalue weighted by Gasteiger charge is 2.28. The van der Waals surface area contributed by atoms with E-state index in [4.69, 9.17) is 9.47 Å². The van der Waals surface area contributed by atoms with Gasteiger partial charge in [0, 0.05) is 18.1 Å². The highest BCUT2D eigenvalue weighted by molar-refractivity contribution is 6.77. The fourth-order valence-electron chi connectivity index (χ4n) is 1.41. The third-order valence-electron chi connectivity index (χ3n) is 3.04. The Kier molecular flexibility index (Phi) is 5.48. The summed E-state index contributed by atoms with van der Waals surface area (Å²) in [6.07, 6.45) is 2.13. The van der Waals surface area contributed by atoms with Gasteiger partial charge >= 0.3 is 5.97 Å². The molecule has 2 atom stereocenters. The zero-order valence-electron chi connectivity index (χ0n) is 12.6. The van der Waals surface area contributed by atoms with Gasteiger partial charge in [-0.3, -0.25) is 4.57 Å². The van der Waals surface area contributed by atoms with Crippen LogP contribution in [-0.2, 0) is 9.47 Å². The van der Waals surface area contributed by atoms with Gasteiger partial charge in [0.2, 0.25) is 12.1 Å². The first-order valence-electron chi connectivity index (χ1n) is 6.56. The van der Waals surface area contributed by atoms with Crippen LogP contribution in [0.3, 0.4) is 0 Å². The van der Waals surface area contributed by atoms with Gasteiger partial charge in [0.25, 0.3) is 0 Å². The summed E-state index contributed by atoms with van der Waals surface area (Å²) >= 11 is 0. The summed E-state index contributed by atoms with van der Waals surface area (Å²) in [5, 5.41) is 9.29. The number of nitrogens with zero attached hydrogens (tertiary/aromatic N) is 3. The fourth-order valence-corrected chi connectivity index (χ4v) is 1.95. The van der Waals surface area contributed by atoms with Crippen molar-refractivity contribution >= 4 is 14.0 Å². The molecule has 0 aromatic carbocycles. The average molecular weight is 295 g/mol. The van der Waals surface area contributed by atoms with Crippen molar-refractivity contribution in [3.63, 3.8) is 0 Å². The Balaban J connectivity index is 2.95. The third kappa shape index (κ3) is 3.92. The maximum Gasteiger partial charge on any atom is 0.374 e. The normalized spacial score (nSPS) is 14.4. The molecule has 1 rings (SSSR count). The maximum atomic E-state index is 11.8. The zero-order chi connectivity index (χ0) is 15.3. The number of aromatic nitrogens is 2. The van der Waals surface area contributed by atoms with Gasteiger partial charge in [-0.25, -0.2) is 9.78 Å². The minimum atomic E-state index is -1.54. The van der Waals surface area contributed by atoms with E-state index < -0.39 is 20.3 Å². The second-order valence-corrected chi connectivity index (χ2v) is 11.0. The Morgan fingerprint density at radius 3 is 2.70 bits per heavy atom. The molecule has 6 nitrogen and oxygen atoms in total. The Hall–Kier alpha value is -1.65. The molecule has 0 saturated heterocycles. The largest absolute Gasteiger partial charge is 0.460 e. The van der Waals surface area contributed by atoms with Crippen LogP contribution >= 0.6 is 0 Å². The van der Waals surface area contributed by atoms with Crippen LogP contribution in [0.1, 0.15) is 30.7 Å². The number of rotatable bonds is 6. The van der Waals surface area contributed by atoms with Gasteiger partial charge in [0.05, 0.1) is 14.7 Å². The van der Waals surface area contributed by atoms with Crippen LogP contribution in [0.5, 0.6) is 0 Å². The van der Waals surface area contributed by atoms with Gasteiger partial charge in [0.15, 0.2) is 0 Å². The predicted molar refractivity (Wildman–Crippen MR) is 76.7 cm³/mol. The standard InChI is InChI=1S/C13H21N3O3Si/c1-6-18-13(17)12-15-7-8-16(12)11(9-14)19-10(2)20(3,4)5/h7-8,10-11H,6H2,1-5H3. The second-order valence-electron chi connectivity index (χ2n) is 5.50. The Morgan fingerprint density at radius 1 is 1.55 bits per heavy atom. The van der Waals surface area contributed by atoms with Gasteiger partial charge in [-0.05, 0) is 13.8 Å². The molecule has 0 fully saturated rings. The summed E-state index contributed by atoms with van der Waals surface area (Å²) in [6, 6.07) is 2.06. The molecule has 7 heteroatoms. The van der Waals surface area contributed by atoms with Gasteiger partial charge < -0.3 is 9.47 Å². The number of imidazole rings is 1. The second kappa shape index (κ2) is 6.68. The van der Waals surface area contributed by atoms with Crippen LogP contribution in [0, 0.1) is 11.3 Å². The summed E-state index contributed by atoms with van der Waals surface area (Å²) in [4.78, 5) is 15.7. The fraction of sp³-hybridized carbons (Fsp3) is 0.615. The lowest BCUT2D eigenvalue weighted by molar-refractivity contribution is 0.0182. The van der Waals surface area contributed by atoms with E-state index in [0.29, 0.717) is 0 Å². The van der Waals surface area contributed by atoms with Crippen LogP contribution in [0.25, 0.3) is 0 Å². The molecule has 0 aliphatic rings. The Bertz CT molecular complexity index is 502. The van der Waals surface area contributed by atoms with Crippen molar-refractivity contribution < 1.29 is 14.3 Å². The molecule has 0 bridgehead atoms. The van der Waals surface area contributed by atoms with E-state index in [0.717, 1.165) is 0 Å². The molecular weight excluding hydrogens is 274 g/mol. The van der Waals surface area contributed by atoms with Gasteiger partial charge in [0.1, 0.15) is 6.07 Å². The molecular formula is C13H21N3O3Si. The quantitative estimate of drug-likeness (QED) is 0.595. The van der Waals surface area contributed by atoms with Crippen molar-refractivity contribution in [2.75, 3.05) is 6.61 Å². The summed E-state index contributed by atoms with van der Waals surface area (Å²) in [7, 11) is -1.54. The van der Waals surface area contributed by atoms with E-state index in [1.165, 1.54) is 10.8 Å².